The Hall–Kier alpha value is -0.950. The van der Waals surface area contributed by atoms with Gasteiger partial charge in [-0.2, -0.15) is 0 Å². The first-order chi connectivity index (χ1) is 6.88. The lowest BCUT2D eigenvalue weighted by Gasteiger charge is -2.09. The molecule has 1 rings (SSSR count). The van der Waals surface area contributed by atoms with Crippen molar-refractivity contribution in [3.8, 4) is 5.88 Å². The van der Waals surface area contributed by atoms with Gasteiger partial charge in [-0.25, -0.2) is 22.2 Å². The number of ether oxygens (including phenoxy) is 1. The monoisotopic (exact) mass is 257 g/mol. The summed E-state index contributed by atoms with van der Waals surface area (Å²) in [4.78, 5) is 2.78. The quantitative estimate of drug-likeness (QED) is 0.777. The van der Waals surface area contributed by atoms with Gasteiger partial charge < -0.3 is 4.74 Å². The Morgan fingerprint density at radius 3 is 2.53 bits per heavy atom. The van der Waals surface area contributed by atoms with E-state index in [9.17, 15) is 17.2 Å². The number of alkyl halides is 2. The van der Waals surface area contributed by atoms with Crippen LogP contribution in [0, 0.1) is 0 Å². The van der Waals surface area contributed by atoms with E-state index in [1.807, 2.05) is 0 Å². The van der Waals surface area contributed by atoms with E-state index in [0.717, 1.165) is 19.4 Å². The van der Waals surface area contributed by atoms with Crippen LogP contribution in [0.15, 0.2) is 17.2 Å². The Bertz CT molecular complexity index is 463. The summed E-state index contributed by atoms with van der Waals surface area (Å²) in [6.07, 6.45) is -2.00. The van der Waals surface area contributed by atoms with Gasteiger partial charge in [0.2, 0.25) is 5.88 Å². The van der Waals surface area contributed by atoms with Crippen LogP contribution in [-0.2, 0) is 9.05 Å². The standard InChI is InChI=1S/C7H6ClF2NO3S/c1-14-7-5(6(9)10)4(2-3-11-7)15(8,12)13/h2-3,6H,1H3. The fraction of sp³-hybridized carbons (Fsp3) is 0.286. The van der Waals surface area contributed by atoms with Gasteiger partial charge in [-0.3, -0.25) is 0 Å². The summed E-state index contributed by atoms with van der Waals surface area (Å²) in [5.74, 6) is -0.452. The third kappa shape index (κ3) is 2.54. The molecule has 4 nitrogen and oxygen atoms in total. The van der Waals surface area contributed by atoms with Crippen LogP contribution >= 0.6 is 10.7 Å². The highest BCUT2D eigenvalue weighted by atomic mass is 35.7. The molecule has 0 aliphatic carbocycles. The molecule has 84 valence electrons. The number of pyridine rings is 1. The first-order valence-corrected chi connectivity index (χ1v) is 5.94. The van der Waals surface area contributed by atoms with Crippen molar-refractivity contribution in [3.05, 3.63) is 17.8 Å². The van der Waals surface area contributed by atoms with Crippen molar-refractivity contribution in [1.29, 1.82) is 0 Å². The summed E-state index contributed by atoms with van der Waals surface area (Å²) in [5.41, 5.74) is -0.824. The predicted molar refractivity (Wildman–Crippen MR) is 48.8 cm³/mol. The Morgan fingerprint density at radius 1 is 1.53 bits per heavy atom. The van der Waals surface area contributed by atoms with Crippen LogP contribution in [-0.4, -0.2) is 20.5 Å². The van der Waals surface area contributed by atoms with Crippen LogP contribution in [0.2, 0.25) is 0 Å². The molecule has 0 saturated heterocycles. The van der Waals surface area contributed by atoms with Crippen LogP contribution < -0.4 is 4.74 Å². The first kappa shape index (κ1) is 12.1. The molecule has 0 unspecified atom stereocenters. The molecule has 8 heteroatoms. The van der Waals surface area contributed by atoms with Crippen LogP contribution in [0.25, 0.3) is 0 Å². The number of hydrogen-bond donors (Lipinski definition) is 0. The molecule has 0 amide bonds. The van der Waals surface area contributed by atoms with Crippen molar-refractivity contribution < 1.29 is 21.9 Å². The number of rotatable bonds is 3. The van der Waals surface area contributed by atoms with E-state index in [-0.39, 0.29) is 0 Å². The van der Waals surface area contributed by atoms with Crippen LogP contribution in [0.1, 0.15) is 12.0 Å². The van der Waals surface area contributed by atoms with E-state index in [4.69, 9.17) is 10.7 Å². The molecule has 0 aliphatic rings. The minimum Gasteiger partial charge on any atom is -0.481 e. The molecule has 0 N–H and O–H groups in total. The van der Waals surface area contributed by atoms with Gasteiger partial charge in [0, 0.05) is 16.9 Å². The second kappa shape index (κ2) is 4.28. The molecule has 1 heterocycles. The average Bonchev–Trinajstić information content (AvgIpc) is 2.15. The van der Waals surface area contributed by atoms with Crippen LogP contribution in [0.5, 0.6) is 5.88 Å². The second-order valence-corrected chi connectivity index (χ2v) is 5.00. The predicted octanol–water partition coefficient (Wildman–Crippen LogP) is 1.96. The van der Waals surface area contributed by atoms with E-state index >= 15 is 0 Å². The van der Waals surface area contributed by atoms with Crippen molar-refractivity contribution >= 4 is 19.7 Å². The molecule has 0 saturated carbocycles. The third-order valence-corrected chi connectivity index (χ3v) is 2.97. The Labute approximate surface area is 89.3 Å². The van der Waals surface area contributed by atoms with Crippen molar-refractivity contribution in [3.63, 3.8) is 0 Å². The van der Waals surface area contributed by atoms with E-state index in [2.05, 4.69) is 9.72 Å². The lowest BCUT2D eigenvalue weighted by atomic mass is 10.3. The van der Waals surface area contributed by atoms with Gasteiger partial charge in [-0.15, -0.1) is 0 Å². The highest BCUT2D eigenvalue weighted by Gasteiger charge is 2.26. The minimum atomic E-state index is -4.24. The third-order valence-electron chi connectivity index (χ3n) is 1.59. The summed E-state index contributed by atoms with van der Waals surface area (Å²) >= 11 is 0. The molecular formula is C7H6ClF2NO3S. The van der Waals surface area contributed by atoms with E-state index in [1.54, 1.807) is 0 Å². The number of methoxy groups -OCH3 is 1. The number of aromatic nitrogens is 1. The lowest BCUT2D eigenvalue weighted by molar-refractivity contribution is 0.142. The van der Waals surface area contributed by atoms with Crippen molar-refractivity contribution in [2.24, 2.45) is 0 Å². The summed E-state index contributed by atoms with van der Waals surface area (Å²) in [5, 5.41) is 0. The van der Waals surface area contributed by atoms with Gasteiger partial charge in [0.05, 0.1) is 17.6 Å². The van der Waals surface area contributed by atoms with Gasteiger partial charge in [-0.05, 0) is 6.07 Å². The topological polar surface area (TPSA) is 56.3 Å². The summed E-state index contributed by atoms with van der Waals surface area (Å²) < 4.78 is 51.6. The molecule has 0 bridgehead atoms. The highest BCUT2D eigenvalue weighted by Crippen LogP contribution is 2.34. The maximum atomic E-state index is 12.6. The van der Waals surface area contributed by atoms with Gasteiger partial charge in [0.25, 0.3) is 15.5 Å². The largest absolute Gasteiger partial charge is 0.481 e. The van der Waals surface area contributed by atoms with Gasteiger partial charge >= 0.3 is 0 Å². The summed E-state index contributed by atoms with van der Waals surface area (Å²) in [6.45, 7) is 0. The van der Waals surface area contributed by atoms with Gasteiger partial charge in [-0.1, -0.05) is 0 Å². The van der Waals surface area contributed by atoms with E-state index in [0.29, 0.717) is 0 Å². The Morgan fingerprint density at radius 2 is 2.13 bits per heavy atom. The Kier molecular flexibility index (Phi) is 3.46. The molecule has 15 heavy (non-hydrogen) atoms. The maximum Gasteiger partial charge on any atom is 0.270 e. The zero-order valence-electron chi connectivity index (χ0n) is 7.45. The average molecular weight is 258 g/mol. The molecule has 0 radical (unpaired) electrons. The summed E-state index contributed by atoms with van der Waals surface area (Å²) in [7, 11) is 1.86. The molecule has 0 atom stereocenters. The molecular weight excluding hydrogens is 252 g/mol. The minimum absolute atomic E-state index is 0.452. The first-order valence-electron chi connectivity index (χ1n) is 3.63. The SMILES string of the molecule is COc1nccc(S(=O)(=O)Cl)c1C(F)F. The number of halogens is 3. The van der Waals surface area contributed by atoms with Crippen molar-refractivity contribution in [2.45, 2.75) is 11.3 Å². The number of nitrogens with zero attached hydrogens (tertiary/aromatic N) is 1. The fourth-order valence-electron chi connectivity index (χ4n) is 1.01. The van der Waals surface area contributed by atoms with Crippen LogP contribution in [0.4, 0.5) is 8.78 Å². The summed E-state index contributed by atoms with van der Waals surface area (Å²) in [6, 6.07) is 0.895. The smallest absolute Gasteiger partial charge is 0.270 e. The number of hydrogen-bond acceptors (Lipinski definition) is 4. The molecule has 1 aromatic rings. The van der Waals surface area contributed by atoms with E-state index in [1.165, 1.54) is 0 Å². The molecule has 1 aromatic heterocycles. The highest BCUT2D eigenvalue weighted by molar-refractivity contribution is 8.13. The normalized spacial score (nSPS) is 11.8. The fourth-order valence-corrected chi connectivity index (χ4v) is 2.08. The molecule has 0 aliphatic heterocycles. The zero-order chi connectivity index (χ0) is 11.6. The van der Waals surface area contributed by atoms with E-state index < -0.39 is 31.8 Å². The Balaban J connectivity index is 3.53. The van der Waals surface area contributed by atoms with Gasteiger partial charge in [0.1, 0.15) is 0 Å². The lowest BCUT2D eigenvalue weighted by Crippen LogP contribution is -2.03. The second-order valence-electron chi connectivity index (χ2n) is 2.47. The maximum absolute atomic E-state index is 12.6. The molecule has 0 spiro atoms. The zero-order valence-corrected chi connectivity index (χ0v) is 9.02. The van der Waals surface area contributed by atoms with Crippen molar-refractivity contribution in [2.75, 3.05) is 7.11 Å². The van der Waals surface area contributed by atoms with Crippen LogP contribution in [0.3, 0.4) is 0 Å². The van der Waals surface area contributed by atoms with Gasteiger partial charge in [0.15, 0.2) is 0 Å². The van der Waals surface area contributed by atoms with Crippen molar-refractivity contribution in [1.82, 2.24) is 4.98 Å². The molecule has 0 fully saturated rings. The molecule has 0 aromatic carbocycles.